The van der Waals surface area contributed by atoms with Gasteiger partial charge in [-0.1, -0.05) is 0 Å². The van der Waals surface area contributed by atoms with Crippen molar-refractivity contribution in [2.75, 3.05) is 13.7 Å². The summed E-state index contributed by atoms with van der Waals surface area (Å²) in [5.74, 6) is -0.0616. The molecule has 3 nitrogen and oxygen atoms in total. The summed E-state index contributed by atoms with van der Waals surface area (Å²) in [6, 6.07) is 1.01. The van der Waals surface area contributed by atoms with Gasteiger partial charge in [-0.2, -0.15) is 0 Å². The van der Waals surface area contributed by atoms with Crippen molar-refractivity contribution in [1.29, 1.82) is 0 Å². The number of carbonyl (C=O) groups is 1. The molecule has 0 amide bonds. The van der Waals surface area contributed by atoms with Crippen LogP contribution in [0.15, 0.2) is 0 Å². The average Bonchev–Trinajstić information content (AvgIpc) is 2.37. The lowest BCUT2D eigenvalue weighted by atomic mass is 10.1. The molecule has 0 radical (unpaired) electrons. The van der Waals surface area contributed by atoms with Gasteiger partial charge in [0.2, 0.25) is 0 Å². The summed E-state index contributed by atoms with van der Waals surface area (Å²) in [6.07, 6.45) is 2.87. The summed E-state index contributed by atoms with van der Waals surface area (Å²) in [5, 5.41) is 0. The lowest BCUT2D eigenvalue weighted by Gasteiger charge is -2.22. The molecule has 0 saturated carbocycles. The molecule has 1 fully saturated rings. The molecule has 0 spiro atoms. The Bertz CT molecular complexity index is 182. The zero-order valence-corrected chi connectivity index (χ0v) is 8.75. The molecule has 1 aliphatic heterocycles. The minimum atomic E-state index is -0.0616. The van der Waals surface area contributed by atoms with Crippen molar-refractivity contribution in [2.24, 2.45) is 0 Å². The maximum atomic E-state index is 11.2. The Labute approximate surface area is 80.1 Å². The van der Waals surface area contributed by atoms with Crippen molar-refractivity contribution < 1.29 is 9.53 Å². The largest absolute Gasteiger partial charge is 0.466 e. The van der Waals surface area contributed by atoms with E-state index in [9.17, 15) is 4.79 Å². The second-order valence-corrected chi connectivity index (χ2v) is 3.75. The molecule has 1 saturated heterocycles. The monoisotopic (exact) mass is 185 g/mol. The first kappa shape index (κ1) is 10.5. The molecule has 3 heteroatoms. The highest BCUT2D eigenvalue weighted by atomic mass is 16.5. The lowest BCUT2D eigenvalue weighted by Crippen LogP contribution is -2.32. The molecular weight excluding hydrogens is 166 g/mol. The van der Waals surface area contributed by atoms with Gasteiger partial charge in [0.15, 0.2) is 0 Å². The van der Waals surface area contributed by atoms with Crippen LogP contribution in [0.1, 0.15) is 33.1 Å². The van der Waals surface area contributed by atoms with Gasteiger partial charge in [0, 0.05) is 12.1 Å². The van der Waals surface area contributed by atoms with Gasteiger partial charge < -0.3 is 9.64 Å². The minimum absolute atomic E-state index is 0.0616. The summed E-state index contributed by atoms with van der Waals surface area (Å²) in [4.78, 5) is 13.5. The maximum Gasteiger partial charge on any atom is 0.307 e. The number of hydrogen-bond donors (Lipinski definition) is 0. The molecule has 1 rings (SSSR count). The van der Waals surface area contributed by atoms with Crippen molar-refractivity contribution in [3.8, 4) is 0 Å². The van der Waals surface area contributed by atoms with E-state index in [1.807, 2.05) is 6.92 Å². The fourth-order valence-electron chi connectivity index (χ4n) is 1.86. The van der Waals surface area contributed by atoms with Gasteiger partial charge in [0.05, 0.1) is 13.0 Å². The molecule has 0 bridgehead atoms. The molecule has 0 aromatic carbocycles. The van der Waals surface area contributed by atoms with E-state index in [-0.39, 0.29) is 5.97 Å². The molecule has 0 N–H and O–H groups in total. The summed E-state index contributed by atoms with van der Waals surface area (Å²) in [5.41, 5.74) is 0. The van der Waals surface area contributed by atoms with Crippen LogP contribution < -0.4 is 0 Å². The third-order valence-electron chi connectivity index (χ3n) is 2.90. The normalized spacial score (nSPS) is 29.2. The predicted octanol–water partition coefficient (Wildman–Crippen LogP) is 1.42. The van der Waals surface area contributed by atoms with Gasteiger partial charge in [-0.3, -0.25) is 4.79 Å². The van der Waals surface area contributed by atoms with Gasteiger partial charge in [0.1, 0.15) is 0 Å². The van der Waals surface area contributed by atoms with Crippen molar-refractivity contribution in [2.45, 2.75) is 45.2 Å². The molecule has 0 aliphatic carbocycles. The molecule has 0 aromatic rings. The number of hydrogen-bond acceptors (Lipinski definition) is 3. The summed E-state index contributed by atoms with van der Waals surface area (Å²) in [7, 11) is 2.08. The van der Waals surface area contributed by atoms with Gasteiger partial charge in [0.25, 0.3) is 0 Å². The van der Waals surface area contributed by atoms with E-state index < -0.39 is 0 Å². The molecule has 2 atom stereocenters. The second-order valence-electron chi connectivity index (χ2n) is 3.75. The van der Waals surface area contributed by atoms with Crippen LogP contribution in [0.3, 0.4) is 0 Å². The predicted molar refractivity (Wildman–Crippen MR) is 51.5 cm³/mol. The fourth-order valence-corrected chi connectivity index (χ4v) is 1.86. The van der Waals surface area contributed by atoms with E-state index in [4.69, 9.17) is 4.74 Å². The SMILES string of the molecule is CCOC(=O)C[C@@H]1CC[C@@H](C)N1C. The van der Waals surface area contributed by atoms with Crippen molar-refractivity contribution >= 4 is 5.97 Å². The first-order valence-corrected chi connectivity index (χ1v) is 5.02. The third-order valence-corrected chi connectivity index (χ3v) is 2.90. The molecule has 1 aliphatic rings. The highest BCUT2D eigenvalue weighted by Gasteiger charge is 2.29. The smallest absolute Gasteiger partial charge is 0.307 e. The van der Waals surface area contributed by atoms with Crippen molar-refractivity contribution in [1.82, 2.24) is 4.90 Å². The fraction of sp³-hybridized carbons (Fsp3) is 0.900. The van der Waals surface area contributed by atoms with Crippen molar-refractivity contribution in [3.05, 3.63) is 0 Å². The highest BCUT2D eigenvalue weighted by molar-refractivity contribution is 5.70. The van der Waals surface area contributed by atoms with E-state index in [1.165, 1.54) is 6.42 Å². The van der Waals surface area contributed by atoms with E-state index in [0.717, 1.165) is 6.42 Å². The van der Waals surface area contributed by atoms with Crippen LogP contribution in [0.5, 0.6) is 0 Å². The summed E-state index contributed by atoms with van der Waals surface area (Å²) >= 11 is 0. The molecule has 76 valence electrons. The van der Waals surface area contributed by atoms with Crippen LogP contribution in [0, 0.1) is 0 Å². The molecule has 0 unspecified atom stereocenters. The Morgan fingerprint density at radius 3 is 2.69 bits per heavy atom. The number of rotatable bonds is 3. The highest BCUT2D eigenvalue weighted by Crippen LogP contribution is 2.24. The number of nitrogens with zero attached hydrogens (tertiary/aromatic N) is 1. The van der Waals surface area contributed by atoms with E-state index in [1.54, 1.807) is 0 Å². The van der Waals surface area contributed by atoms with Gasteiger partial charge in [-0.05, 0) is 33.7 Å². The van der Waals surface area contributed by atoms with Crippen LogP contribution in [-0.4, -0.2) is 36.6 Å². The molecular formula is C10H19NO2. The molecule has 13 heavy (non-hydrogen) atoms. The second kappa shape index (κ2) is 4.61. The Kier molecular flexibility index (Phi) is 3.72. The average molecular weight is 185 g/mol. The number of carbonyl (C=O) groups excluding carboxylic acids is 1. The number of ether oxygens (including phenoxy) is 1. The minimum Gasteiger partial charge on any atom is -0.466 e. The van der Waals surface area contributed by atoms with Gasteiger partial charge in [-0.25, -0.2) is 0 Å². The standard InChI is InChI=1S/C10H19NO2/c1-4-13-10(12)7-9-6-5-8(2)11(9)3/h8-9H,4-7H2,1-3H3/t8-,9+/m1/s1. The van der Waals surface area contributed by atoms with Crippen LogP contribution in [0.4, 0.5) is 0 Å². The zero-order chi connectivity index (χ0) is 9.84. The Balaban J connectivity index is 2.33. The summed E-state index contributed by atoms with van der Waals surface area (Å²) in [6.45, 7) is 4.54. The van der Waals surface area contributed by atoms with Crippen molar-refractivity contribution in [3.63, 3.8) is 0 Å². The van der Waals surface area contributed by atoms with Gasteiger partial charge >= 0.3 is 5.97 Å². The molecule has 0 aromatic heterocycles. The topological polar surface area (TPSA) is 29.5 Å². The number of likely N-dealkylation sites (tertiary alicyclic amines) is 1. The van der Waals surface area contributed by atoms with Crippen LogP contribution in [0.2, 0.25) is 0 Å². The van der Waals surface area contributed by atoms with Crippen LogP contribution in [-0.2, 0) is 9.53 Å². The lowest BCUT2D eigenvalue weighted by molar-refractivity contribution is -0.144. The van der Waals surface area contributed by atoms with E-state index in [2.05, 4.69) is 18.9 Å². The Morgan fingerprint density at radius 1 is 1.54 bits per heavy atom. The van der Waals surface area contributed by atoms with Crippen LogP contribution in [0.25, 0.3) is 0 Å². The Hall–Kier alpha value is -0.570. The van der Waals surface area contributed by atoms with E-state index in [0.29, 0.717) is 25.1 Å². The first-order chi connectivity index (χ1) is 6.15. The zero-order valence-electron chi connectivity index (χ0n) is 8.75. The molecule has 1 heterocycles. The van der Waals surface area contributed by atoms with Gasteiger partial charge in [-0.15, -0.1) is 0 Å². The Morgan fingerprint density at radius 2 is 2.23 bits per heavy atom. The third kappa shape index (κ3) is 2.69. The quantitative estimate of drug-likeness (QED) is 0.623. The maximum absolute atomic E-state index is 11.2. The summed E-state index contributed by atoms with van der Waals surface area (Å²) < 4.78 is 4.92. The van der Waals surface area contributed by atoms with Crippen LogP contribution >= 0.6 is 0 Å². The first-order valence-electron chi connectivity index (χ1n) is 5.02. The number of esters is 1. The van der Waals surface area contributed by atoms with E-state index >= 15 is 0 Å².